The predicted octanol–water partition coefficient (Wildman–Crippen LogP) is 3.53. The zero-order valence-electron chi connectivity index (χ0n) is 6.93. The molecule has 0 atom stereocenters. The number of hydrogen-bond acceptors (Lipinski definition) is 2. The van der Waals surface area contributed by atoms with Crippen molar-refractivity contribution in [2.45, 2.75) is 50.0 Å². The fourth-order valence-corrected chi connectivity index (χ4v) is 1.75. The minimum atomic E-state index is -0.00917. The fraction of sp³-hybridized carbons (Fsp3) is 1.00. The molecule has 0 aliphatic carbocycles. The molecule has 0 aliphatic heterocycles. The first-order chi connectivity index (χ1) is 4.62. The molecule has 0 aromatic carbocycles. The molecule has 0 saturated carbocycles. The second kappa shape index (κ2) is 5.36. The van der Waals surface area contributed by atoms with Crippen LogP contribution in [0.15, 0.2) is 0 Å². The third-order valence-corrected chi connectivity index (χ3v) is 2.48. The first-order valence-electron chi connectivity index (χ1n) is 4.07. The summed E-state index contributed by atoms with van der Waals surface area (Å²) in [5.74, 6) is 0. The lowest BCUT2D eigenvalue weighted by Gasteiger charge is -2.20. The molecule has 0 unspecified atom stereocenters. The summed E-state index contributed by atoms with van der Waals surface area (Å²) >= 11 is 8.93. The number of unbranched alkanes of at least 4 members (excludes halogenated alkanes) is 1. The Bertz CT molecular complexity index is 79.3. The van der Waals surface area contributed by atoms with E-state index in [9.17, 15) is 0 Å². The monoisotopic (exact) mass is 178 g/mol. The molecule has 0 rings (SSSR count). The summed E-state index contributed by atoms with van der Waals surface area (Å²) in [6, 6.07) is 0. The van der Waals surface area contributed by atoms with Crippen molar-refractivity contribution in [1.82, 2.24) is 0 Å². The van der Waals surface area contributed by atoms with Crippen LogP contribution in [-0.4, -0.2) is 4.08 Å². The molecule has 0 fully saturated rings. The standard InChI is InChI=1S/C8H18S2/c1-3-5-7-8(9,10)6-4-2/h9-10H,3-7H2,1-2H3. The van der Waals surface area contributed by atoms with Crippen LogP contribution in [0.25, 0.3) is 0 Å². The molecule has 0 amide bonds. The molecule has 2 heteroatoms. The van der Waals surface area contributed by atoms with E-state index in [1.807, 2.05) is 0 Å². The maximum Gasteiger partial charge on any atom is 0.0551 e. The molecule has 0 aromatic heterocycles. The SMILES string of the molecule is CCCCC(S)(S)CCC. The van der Waals surface area contributed by atoms with E-state index in [-0.39, 0.29) is 4.08 Å². The molecule has 0 spiro atoms. The second-order valence-electron chi connectivity index (χ2n) is 2.84. The van der Waals surface area contributed by atoms with Crippen LogP contribution >= 0.6 is 25.3 Å². The van der Waals surface area contributed by atoms with Crippen LogP contribution < -0.4 is 0 Å². The van der Waals surface area contributed by atoms with Gasteiger partial charge in [0.2, 0.25) is 0 Å². The lowest BCUT2D eigenvalue weighted by atomic mass is 10.1. The predicted molar refractivity (Wildman–Crippen MR) is 55.1 cm³/mol. The van der Waals surface area contributed by atoms with E-state index < -0.39 is 0 Å². The minimum absolute atomic E-state index is 0.00917. The van der Waals surface area contributed by atoms with Gasteiger partial charge in [-0.1, -0.05) is 33.1 Å². The molecule has 0 N–H and O–H groups in total. The Labute approximate surface area is 75.6 Å². The molecule has 0 aliphatic rings. The van der Waals surface area contributed by atoms with Crippen LogP contribution in [0.3, 0.4) is 0 Å². The van der Waals surface area contributed by atoms with Gasteiger partial charge >= 0.3 is 0 Å². The first-order valence-corrected chi connectivity index (χ1v) is 4.96. The molecular weight excluding hydrogens is 160 g/mol. The molecule has 0 saturated heterocycles. The summed E-state index contributed by atoms with van der Waals surface area (Å²) in [4.78, 5) is 0. The van der Waals surface area contributed by atoms with Gasteiger partial charge in [-0.25, -0.2) is 0 Å². The third-order valence-electron chi connectivity index (χ3n) is 1.58. The van der Waals surface area contributed by atoms with E-state index in [4.69, 9.17) is 0 Å². The largest absolute Gasteiger partial charge is 0.162 e. The van der Waals surface area contributed by atoms with E-state index in [0.29, 0.717) is 0 Å². The lowest BCUT2D eigenvalue weighted by Crippen LogP contribution is -2.11. The normalized spacial score (nSPS) is 12.0. The van der Waals surface area contributed by atoms with Crippen LogP contribution in [0.4, 0.5) is 0 Å². The zero-order chi connectivity index (χ0) is 8.04. The fourth-order valence-electron chi connectivity index (χ4n) is 0.985. The minimum Gasteiger partial charge on any atom is -0.162 e. The molecule has 0 radical (unpaired) electrons. The van der Waals surface area contributed by atoms with Gasteiger partial charge in [0.05, 0.1) is 4.08 Å². The van der Waals surface area contributed by atoms with Gasteiger partial charge in [0.1, 0.15) is 0 Å². The van der Waals surface area contributed by atoms with Gasteiger partial charge in [0.25, 0.3) is 0 Å². The average Bonchev–Trinajstić information content (AvgIpc) is 1.84. The van der Waals surface area contributed by atoms with Gasteiger partial charge in [-0.2, -0.15) is 25.3 Å². The van der Waals surface area contributed by atoms with Crippen molar-refractivity contribution in [3.8, 4) is 0 Å². The van der Waals surface area contributed by atoms with Gasteiger partial charge in [-0.05, 0) is 12.8 Å². The van der Waals surface area contributed by atoms with Gasteiger partial charge in [-0.3, -0.25) is 0 Å². The summed E-state index contributed by atoms with van der Waals surface area (Å²) in [5, 5.41) is 0. The molecule has 10 heavy (non-hydrogen) atoms. The van der Waals surface area contributed by atoms with E-state index in [2.05, 4.69) is 39.1 Å². The molecule has 0 heterocycles. The van der Waals surface area contributed by atoms with Crippen LogP contribution in [0.1, 0.15) is 46.0 Å². The molecule has 0 bridgehead atoms. The van der Waals surface area contributed by atoms with E-state index >= 15 is 0 Å². The number of hydrogen-bond donors (Lipinski definition) is 2. The van der Waals surface area contributed by atoms with Crippen molar-refractivity contribution >= 4 is 25.3 Å². The average molecular weight is 178 g/mol. The highest BCUT2D eigenvalue weighted by Gasteiger charge is 2.17. The topological polar surface area (TPSA) is 0 Å². The van der Waals surface area contributed by atoms with Gasteiger partial charge in [0.15, 0.2) is 0 Å². The third kappa shape index (κ3) is 5.48. The summed E-state index contributed by atoms with van der Waals surface area (Å²) in [7, 11) is 0. The quantitative estimate of drug-likeness (QED) is 0.467. The van der Waals surface area contributed by atoms with Crippen LogP contribution in [-0.2, 0) is 0 Å². The lowest BCUT2D eigenvalue weighted by molar-refractivity contribution is 0.612. The van der Waals surface area contributed by atoms with E-state index in [0.717, 1.165) is 12.8 Å². The second-order valence-corrected chi connectivity index (χ2v) is 4.90. The zero-order valence-corrected chi connectivity index (χ0v) is 8.72. The van der Waals surface area contributed by atoms with Crippen molar-refractivity contribution < 1.29 is 0 Å². The Balaban J connectivity index is 3.42. The number of rotatable bonds is 5. The van der Waals surface area contributed by atoms with Gasteiger partial charge < -0.3 is 0 Å². The highest BCUT2D eigenvalue weighted by molar-refractivity contribution is 8.00. The van der Waals surface area contributed by atoms with E-state index in [1.54, 1.807) is 0 Å². The smallest absolute Gasteiger partial charge is 0.0551 e. The first kappa shape index (κ1) is 10.7. The van der Waals surface area contributed by atoms with Crippen LogP contribution in [0.2, 0.25) is 0 Å². The Morgan fingerprint density at radius 1 is 1.00 bits per heavy atom. The van der Waals surface area contributed by atoms with Crippen molar-refractivity contribution in [2.75, 3.05) is 0 Å². The Morgan fingerprint density at radius 3 is 2.00 bits per heavy atom. The van der Waals surface area contributed by atoms with Crippen molar-refractivity contribution in [3.05, 3.63) is 0 Å². The van der Waals surface area contributed by atoms with Crippen LogP contribution in [0.5, 0.6) is 0 Å². The summed E-state index contributed by atoms with van der Waals surface area (Å²) in [6.45, 7) is 4.37. The summed E-state index contributed by atoms with van der Waals surface area (Å²) < 4.78 is -0.00917. The Hall–Kier alpha value is 0.700. The highest BCUT2D eigenvalue weighted by atomic mass is 32.2. The number of thiol groups is 2. The summed E-state index contributed by atoms with van der Waals surface area (Å²) in [5.41, 5.74) is 0. The Kier molecular flexibility index (Phi) is 5.74. The highest BCUT2D eigenvalue weighted by Crippen LogP contribution is 2.31. The summed E-state index contributed by atoms with van der Waals surface area (Å²) in [6.07, 6.45) is 5.90. The van der Waals surface area contributed by atoms with Crippen molar-refractivity contribution in [2.24, 2.45) is 0 Å². The maximum absolute atomic E-state index is 4.46. The molecule has 0 nitrogen and oxygen atoms in total. The maximum atomic E-state index is 4.46. The van der Waals surface area contributed by atoms with Crippen LogP contribution in [0, 0.1) is 0 Å². The van der Waals surface area contributed by atoms with Crippen molar-refractivity contribution in [1.29, 1.82) is 0 Å². The van der Waals surface area contributed by atoms with Gasteiger partial charge in [0, 0.05) is 0 Å². The van der Waals surface area contributed by atoms with Crippen molar-refractivity contribution in [3.63, 3.8) is 0 Å². The van der Waals surface area contributed by atoms with Gasteiger partial charge in [-0.15, -0.1) is 0 Å². The Morgan fingerprint density at radius 2 is 1.60 bits per heavy atom. The molecule has 0 aromatic rings. The molecular formula is C8H18S2. The molecule has 62 valence electrons. The van der Waals surface area contributed by atoms with E-state index in [1.165, 1.54) is 19.3 Å².